The Kier molecular flexibility index (Phi) is 3.15. The lowest BCUT2D eigenvalue weighted by atomic mass is 10.2. The fourth-order valence-electron chi connectivity index (χ4n) is 0.966. The number of esters is 1. The lowest BCUT2D eigenvalue weighted by Crippen LogP contribution is -2.09. The van der Waals surface area contributed by atoms with E-state index in [1.807, 2.05) is 6.07 Å². The van der Waals surface area contributed by atoms with Crippen molar-refractivity contribution >= 4 is 5.97 Å². The van der Waals surface area contributed by atoms with Gasteiger partial charge in [-0.25, -0.2) is 9.78 Å². The summed E-state index contributed by atoms with van der Waals surface area (Å²) >= 11 is 0. The summed E-state index contributed by atoms with van der Waals surface area (Å²) in [7, 11) is 1.26. The predicted octanol–water partition coefficient (Wildman–Crippen LogP) is 0.199. The van der Waals surface area contributed by atoms with Crippen LogP contribution in [0.15, 0.2) is 12.1 Å². The molecule has 1 aromatic heterocycles. The van der Waals surface area contributed by atoms with Gasteiger partial charge in [0, 0.05) is 6.54 Å². The van der Waals surface area contributed by atoms with Gasteiger partial charge in [0.1, 0.15) is 5.69 Å². The lowest BCUT2D eigenvalue weighted by Gasteiger charge is -2.01. The number of carbonyl (C=O) groups excluding carboxylic acids is 1. The molecule has 0 spiro atoms. The summed E-state index contributed by atoms with van der Waals surface area (Å²) in [6.07, 6.45) is 0. The van der Waals surface area contributed by atoms with Crippen LogP contribution in [-0.2, 0) is 11.3 Å². The van der Waals surface area contributed by atoms with Crippen LogP contribution in [0.3, 0.4) is 0 Å². The van der Waals surface area contributed by atoms with Crippen LogP contribution in [0.1, 0.15) is 21.7 Å². The maximum Gasteiger partial charge on any atom is 0.356 e. The molecular weight excluding hydrogens is 182 g/mol. The average Bonchev–Trinajstić information content (AvgIpc) is 2.27. The number of rotatable bonds is 2. The zero-order valence-corrected chi connectivity index (χ0v) is 7.65. The van der Waals surface area contributed by atoms with Gasteiger partial charge >= 0.3 is 5.97 Å². The van der Waals surface area contributed by atoms with Gasteiger partial charge in [0.2, 0.25) is 0 Å². The molecule has 0 saturated carbocycles. The van der Waals surface area contributed by atoms with Gasteiger partial charge in [-0.1, -0.05) is 0 Å². The highest BCUT2D eigenvalue weighted by Gasteiger charge is 2.09. The van der Waals surface area contributed by atoms with Gasteiger partial charge in [0.15, 0.2) is 0 Å². The highest BCUT2D eigenvalue weighted by molar-refractivity contribution is 5.87. The van der Waals surface area contributed by atoms with Crippen LogP contribution in [0.4, 0.5) is 0 Å². The zero-order valence-electron chi connectivity index (χ0n) is 7.65. The summed E-state index contributed by atoms with van der Waals surface area (Å²) in [6, 6.07) is 4.82. The first-order valence-corrected chi connectivity index (χ1v) is 3.90. The second-order valence-corrected chi connectivity index (χ2v) is 2.54. The third kappa shape index (κ3) is 2.06. The van der Waals surface area contributed by atoms with Crippen LogP contribution in [-0.4, -0.2) is 18.1 Å². The van der Waals surface area contributed by atoms with Gasteiger partial charge in [0.05, 0.1) is 24.4 Å². The predicted molar refractivity (Wildman–Crippen MR) is 48.2 cm³/mol. The van der Waals surface area contributed by atoms with Gasteiger partial charge in [-0.15, -0.1) is 0 Å². The van der Waals surface area contributed by atoms with Gasteiger partial charge in [0.25, 0.3) is 0 Å². The number of nitriles is 1. The molecule has 0 unspecified atom stereocenters. The lowest BCUT2D eigenvalue weighted by molar-refractivity contribution is 0.0593. The second kappa shape index (κ2) is 4.35. The van der Waals surface area contributed by atoms with E-state index in [0.717, 1.165) is 0 Å². The molecule has 5 nitrogen and oxygen atoms in total. The minimum absolute atomic E-state index is 0.104. The molecule has 0 aliphatic heterocycles. The van der Waals surface area contributed by atoms with Crippen molar-refractivity contribution in [2.45, 2.75) is 6.54 Å². The normalized spacial score (nSPS) is 9.21. The van der Waals surface area contributed by atoms with E-state index in [2.05, 4.69) is 9.72 Å². The maximum atomic E-state index is 11.1. The first kappa shape index (κ1) is 10.2. The summed E-state index contributed by atoms with van der Waals surface area (Å²) in [5.74, 6) is -0.572. The van der Waals surface area contributed by atoms with E-state index in [4.69, 9.17) is 11.0 Å². The average molecular weight is 191 g/mol. The maximum absolute atomic E-state index is 11.1. The largest absolute Gasteiger partial charge is 0.464 e. The Balaban J connectivity index is 3.19. The fourth-order valence-corrected chi connectivity index (χ4v) is 0.966. The highest BCUT2D eigenvalue weighted by Crippen LogP contribution is 2.05. The molecule has 2 N–H and O–H groups in total. The first-order chi connectivity index (χ1) is 6.71. The van der Waals surface area contributed by atoms with Crippen molar-refractivity contribution in [2.75, 3.05) is 7.11 Å². The Bertz CT molecular complexity index is 396. The molecule has 0 aromatic carbocycles. The molecule has 1 heterocycles. The van der Waals surface area contributed by atoms with E-state index >= 15 is 0 Å². The van der Waals surface area contributed by atoms with Crippen LogP contribution in [0.25, 0.3) is 0 Å². The van der Waals surface area contributed by atoms with Gasteiger partial charge < -0.3 is 10.5 Å². The molecule has 0 radical (unpaired) electrons. The van der Waals surface area contributed by atoms with Crippen molar-refractivity contribution in [3.05, 3.63) is 29.1 Å². The van der Waals surface area contributed by atoms with Crippen molar-refractivity contribution < 1.29 is 9.53 Å². The number of nitrogens with two attached hydrogens (primary N) is 1. The molecule has 1 aromatic rings. The van der Waals surface area contributed by atoms with E-state index in [0.29, 0.717) is 11.3 Å². The standard InChI is InChI=1S/C9H9N3O2/c1-14-9(13)8-3-6(4-10)2-7(5-11)12-8/h2-3H,5,11H2,1H3. The Morgan fingerprint density at radius 2 is 2.43 bits per heavy atom. The van der Waals surface area contributed by atoms with Gasteiger partial charge in [-0.3, -0.25) is 0 Å². The minimum atomic E-state index is -0.572. The molecule has 1 rings (SSSR count). The zero-order chi connectivity index (χ0) is 10.6. The number of methoxy groups -OCH3 is 1. The van der Waals surface area contributed by atoms with Crippen LogP contribution in [0.2, 0.25) is 0 Å². The van der Waals surface area contributed by atoms with E-state index in [1.54, 1.807) is 0 Å². The third-order valence-electron chi connectivity index (χ3n) is 1.61. The molecule has 0 saturated heterocycles. The molecule has 0 fully saturated rings. The Morgan fingerprint density at radius 3 is 2.93 bits per heavy atom. The monoisotopic (exact) mass is 191 g/mol. The first-order valence-electron chi connectivity index (χ1n) is 3.90. The number of pyridine rings is 1. The fraction of sp³-hybridized carbons (Fsp3) is 0.222. The Labute approximate surface area is 81.1 Å². The summed E-state index contributed by atoms with van der Waals surface area (Å²) in [5, 5.41) is 8.67. The van der Waals surface area contributed by atoms with Crippen LogP contribution >= 0.6 is 0 Å². The van der Waals surface area contributed by atoms with Gasteiger partial charge in [-0.2, -0.15) is 5.26 Å². The van der Waals surface area contributed by atoms with Crippen LogP contribution < -0.4 is 5.73 Å². The molecular formula is C9H9N3O2. The van der Waals surface area contributed by atoms with Crippen molar-refractivity contribution in [3.63, 3.8) is 0 Å². The molecule has 0 bridgehead atoms. The van der Waals surface area contributed by atoms with Crippen molar-refractivity contribution in [3.8, 4) is 6.07 Å². The van der Waals surface area contributed by atoms with E-state index in [1.165, 1.54) is 19.2 Å². The molecule has 0 atom stereocenters. The summed E-state index contributed by atoms with van der Waals surface area (Å²) < 4.78 is 4.48. The van der Waals surface area contributed by atoms with Crippen LogP contribution in [0, 0.1) is 11.3 Å². The summed E-state index contributed by atoms with van der Waals surface area (Å²) in [5.41, 5.74) is 6.30. The van der Waals surface area contributed by atoms with E-state index < -0.39 is 5.97 Å². The molecule has 14 heavy (non-hydrogen) atoms. The quantitative estimate of drug-likeness (QED) is 0.674. The number of nitrogens with zero attached hydrogens (tertiary/aromatic N) is 2. The third-order valence-corrected chi connectivity index (χ3v) is 1.61. The van der Waals surface area contributed by atoms with Gasteiger partial charge in [-0.05, 0) is 12.1 Å². The minimum Gasteiger partial charge on any atom is -0.464 e. The molecule has 0 aliphatic carbocycles. The van der Waals surface area contributed by atoms with Crippen LogP contribution in [0.5, 0.6) is 0 Å². The molecule has 0 amide bonds. The molecule has 0 aliphatic rings. The SMILES string of the molecule is COC(=O)c1cc(C#N)cc(CN)n1. The van der Waals surface area contributed by atoms with Crippen molar-refractivity contribution in [2.24, 2.45) is 5.73 Å². The highest BCUT2D eigenvalue weighted by atomic mass is 16.5. The second-order valence-electron chi connectivity index (χ2n) is 2.54. The smallest absolute Gasteiger partial charge is 0.356 e. The number of hydrogen-bond donors (Lipinski definition) is 1. The van der Waals surface area contributed by atoms with Crippen molar-refractivity contribution in [1.82, 2.24) is 4.98 Å². The summed E-state index contributed by atoms with van der Waals surface area (Å²) in [4.78, 5) is 15.0. The number of ether oxygens (including phenoxy) is 1. The summed E-state index contributed by atoms with van der Waals surface area (Å²) in [6.45, 7) is 0.180. The Hall–Kier alpha value is -1.93. The number of aromatic nitrogens is 1. The van der Waals surface area contributed by atoms with E-state index in [-0.39, 0.29) is 12.2 Å². The molecule has 5 heteroatoms. The number of hydrogen-bond acceptors (Lipinski definition) is 5. The van der Waals surface area contributed by atoms with E-state index in [9.17, 15) is 4.79 Å². The number of carbonyl (C=O) groups is 1. The molecule has 72 valence electrons. The topological polar surface area (TPSA) is 89.0 Å². The van der Waals surface area contributed by atoms with Crippen molar-refractivity contribution in [1.29, 1.82) is 5.26 Å². The Morgan fingerprint density at radius 1 is 1.71 bits per heavy atom.